The molecule has 0 saturated carbocycles. The van der Waals surface area contributed by atoms with Gasteiger partial charge in [0.1, 0.15) is 6.61 Å². The van der Waals surface area contributed by atoms with Crippen LogP contribution in [0.15, 0.2) is 36.7 Å². The van der Waals surface area contributed by atoms with Gasteiger partial charge in [-0.2, -0.15) is 5.10 Å². The number of para-hydroxylation sites is 2. The second kappa shape index (κ2) is 5.95. The molecule has 23 heavy (non-hydrogen) atoms. The number of benzene rings is 1. The summed E-state index contributed by atoms with van der Waals surface area (Å²) in [5.74, 6) is 1.32. The largest absolute Gasteiger partial charge is 0.485 e. The van der Waals surface area contributed by atoms with E-state index in [4.69, 9.17) is 9.47 Å². The van der Waals surface area contributed by atoms with Gasteiger partial charge in [-0.15, -0.1) is 0 Å². The van der Waals surface area contributed by atoms with Gasteiger partial charge in [0, 0.05) is 18.3 Å². The molecule has 1 aromatic carbocycles. The molecule has 0 unspecified atom stereocenters. The molecule has 2 aromatic rings. The lowest BCUT2D eigenvalue weighted by molar-refractivity contribution is -0.145. The monoisotopic (exact) mass is 313 g/mol. The zero-order valence-corrected chi connectivity index (χ0v) is 12.8. The van der Waals surface area contributed by atoms with Crippen LogP contribution in [0.3, 0.4) is 0 Å². The molecule has 1 N–H and O–H groups in total. The van der Waals surface area contributed by atoms with Crippen LogP contribution in [0.25, 0.3) is 0 Å². The maximum atomic E-state index is 13.0. The fourth-order valence-electron chi connectivity index (χ4n) is 3.31. The number of amides is 1. The fraction of sp³-hybridized carbons (Fsp3) is 0.412. The molecule has 4 rings (SSSR count). The van der Waals surface area contributed by atoms with Gasteiger partial charge < -0.3 is 14.4 Å². The van der Waals surface area contributed by atoms with E-state index in [-0.39, 0.29) is 18.6 Å². The molecular formula is C17H19N3O3. The van der Waals surface area contributed by atoms with Crippen LogP contribution in [-0.2, 0) is 4.79 Å². The highest BCUT2D eigenvalue weighted by atomic mass is 16.6. The summed E-state index contributed by atoms with van der Waals surface area (Å²) in [6, 6.07) is 7.52. The number of nitrogens with zero attached hydrogens (tertiary/aromatic N) is 2. The molecule has 6 nitrogen and oxygen atoms in total. The number of aromatic nitrogens is 2. The lowest BCUT2D eigenvalue weighted by atomic mass is 9.97. The van der Waals surface area contributed by atoms with Gasteiger partial charge in [-0.05, 0) is 31.4 Å². The topological polar surface area (TPSA) is 67.5 Å². The minimum atomic E-state index is -0.586. The van der Waals surface area contributed by atoms with Gasteiger partial charge >= 0.3 is 0 Å². The average molecular weight is 313 g/mol. The molecule has 120 valence electrons. The van der Waals surface area contributed by atoms with E-state index in [9.17, 15) is 4.79 Å². The smallest absolute Gasteiger partial charge is 0.267 e. The van der Waals surface area contributed by atoms with E-state index in [1.807, 2.05) is 35.4 Å². The van der Waals surface area contributed by atoms with Crippen molar-refractivity contribution >= 4 is 5.91 Å². The third-order valence-electron chi connectivity index (χ3n) is 4.47. The molecule has 1 fully saturated rings. The molecule has 6 heteroatoms. The minimum Gasteiger partial charge on any atom is -0.485 e. The Morgan fingerprint density at radius 2 is 2.13 bits per heavy atom. The van der Waals surface area contributed by atoms with E-state index in [1.165, 1.54) is 0 Å². The van der Waals surface area contributed by atoms with E-state index in [0.717, 1.165) is 31.4 Å². The Kier molecular flexibility index (Phi) is 3.65. The second-order valence-corrected chi connectivity index (χ2v) is 5.94. The number of fused-ring (bicyclic) bond motifs is 1. The van der Waals surface area contributed by atoms with Gasteiger partial charge in [0.2, 0.25) is 6.10 Å². The number of carbonyl (C=O) groups is 1. The SMILES string of the molecule is O=C([C@@H]1COc2ccccc2O1)N1CCCC[C@@H]1c1cn[nH]c1. The highest BCUT2D eigenvalue weighted by molar-refractivity contribution is 5.82. The summed E-state index contributed by atoms with van der Waals surface area (Å²) in [6.45, 7) is 1.00. The standard InChI is InChI=1S/C17H19N3O3/c21-17(16-11-22-14-6-1-2-7-15(14)23-16)20-8-4-3-5-13(20)12-9-18-19-10-12/h1-2,6-7,9-10,13,16H,3-5,8,11H2,(H,18,19)/t13-,16+/m1/s1. The number of hydrogen-bond donors (Lipinski definition) is 1. The first kappa shape index (κ1) is 14.1. The van der Waals surface area contributed by atoms with Crippen molar-refractivity contribution in [3.63, 3.8) is 0 Å². The predicted molar refractivity (Wildman–Crippen MR) is 83.2 cm³/mol. The van der Waals surface area contributed by atoms with Crippen LogP contribution in [0, 0.1) is 0 Å². The third-order valence-corrected chi connectivity index (χ3v) is 4.47. The van der Waals surface area contributed by atoms with Crippen LogP contribution in [0.1, 0.15) is 30.9 Å². The van der Waals surface area contributed by atoms with Gasteiger partial charge in [0.05, 0.1) is 12.2 Å². The summed E-state index contributed by atoms with van der Waals surface area (Å²) < 4.78 is 11.6. The summed E-state index contributed by atoms with van der Waals surface area (Å²) in [6.07, 6.45) is 6.16. The van der Waals surface area contributed by atoms with E-state index < -0.39 is 6.10 Å². The fourth-order valence-corrected chi connectivity index (χ4v) is 3.31. The number of hydrogen-bond acceptors (Lipinski definition) is 4. The van der Waals surface area contributed by atoms with E-state index in [1.54, 1.807) is 6.20 Å². The van der Waals surface area contributed by atoms with Crippen molar-refractivity contribution in [3.05, 3.63) is 42.2 Å². The quantitative estimate of drug-likeness (QED) is 0.924. The zero-order valence-electron chi connectivity index (χ0n) is 12.8. The van der Waals surface area contributed by atoms with Crippen molar-refractivity contribution in [2.45, 2.75) is 31.4 Å². The maximum absolute atomic E-state index is 13.0. The molecule has 0 spiro atoms. The number of ether oxygens (including phenoxy) is 2. The number of piperidine rings is 1. The minimum absolute atomic E-state index is 0.00889. The van der Waals surface area contributed by atoms with E-state index in [0.29, 0.717) is 11.5 Å². The van der Waals surface area contributed by atoms with Crippen molar-refractivity contribution in [1.29, 1.82) is 0 Å². The molecule has 0 radical (unpaired) electrons. The Labute approximate surface area is 134 Å². The van der Waals surface area contributed by atoms with Crippen LogP contribution >= 0.6 is 0 Å². The molecule has 1 saturated heterocycles. The molecule has 0 bridgehead atoms. The van der Waals surface area contributed by atoms with E-state index >= 15 is 0 Å². The van der Waals surface area contributed by atoms with Crippen molar-refractivity contribution in [2.75, 3.05) is 13.2 Å². The van der Waals surface area contributed by atoms with Gasteiger partial charge in [-0.3, -0.25) is 9.89 Å². The molecule has 2 atom stereocenters. The van der Waals surface area contributed by atoms with Crippen LogP contribution < -0.4 is 9.47 Å². The molecular weight excluding hydrogens is 294 g/mol. The summed E-state index contributed by atoms with van der Waals surface area (Å²) in [7, 11) is 0. The first-order valence-electron chi connectivity index (χ1n) is 8.00. The van der Waals surface area contributed by atoms with E-state index in [2.05, 4.69) is 10.2 Å². The first-order chi connectivity index (χ1) is 11.3. The molecule has 2 aliphatic heterocycles. The third kappa shape index (κ3) is 2.65. The lowest BCUT2D eigenvalue weighted by Gasteiger charge is -2.38. The Morgan fingerprint density at radius 1 is 1.26 bits per heavy atom. The number of nitrogens with one attached hydrogen (secondary N) is 1. The van der Waals surface area contributed by atoms with Gasteiger partial charge in [0.25, 0.3) is 5.91 Å². The summed E-state index contributed by atoms with van der Waals surface area (Å²) >= 11 is 0. The normalized spacial score (nSPS) is 23.6. The number of carbonyl (C=O) groups excluding carboxylic acids is 1. The van der Waals surface area contributed by atoms with Gasteiger partial charge in [-0.25, -0.2) is 0 Å². The zero-order chi connectivity index (χ0) is 15.6. The van der Waals surface area contributed by atoms with Crippen LogP contribution in [0.2, 0.25) is 0 Å². The lowest BCUT2D eigenvalue weighted by Crippen LogP contribution is -2.49. The highest BCUT2D eigenvalue weighted by Crippen LogP contribution is 2.34. The Morgan fingerprint density at radius 3 is 2.96 bits per heavy atom. The van der Waals surface area contributed by atoms with Crippen molar-refractivity contribution in [3.8, 4) is 11.5 Å². The molecule has 1 amide bonds. The van der Waals surface area contributed by atoms with Crippen LogP contribution in [0.5, 0.6) is 11.5 Å². The van der Waals surface area contributed by atoms with Crippen molar-refractivity contribution in [1.82, 2.24) is 15.1 Å². The predicted octanol–water partition coefficient (Wildman–Crippen LogP) is 2.30. The van der Waals surface area contributed by atoms with Crippen molar-refractivity contribution < 1.29 is 14.3 Å². The highest BCUT2D eigenvalue weighted by Gasteiger charge is 2.36. The summed E-state index contributed by atoms with van der Waals surface area (Å²) in [5, 5.41) is 6.85. The number of H-pyrrole nitrogens is 1. The Balaban J connectivity index is 1.54. The second-order valence-electron chi connectivity index (χ2n) is 5.94. The summed E-state index contributed by atoms with van der Waals surface area (Å²) in [4.78, 5) is 14.9. The van der Waals surface area contributed by atoms with Gasteiger partial charge in [-0.1, -0.05) is 12.1 Å². The number of likely N-dealkylation sites (tertiary alicyclic amines) is 1. The maximum Gasteiger partial charge on any atom is 0.267 e. The van der Waals surface area contributed by atoms with Crippen molar-refractivity contribution in [2.24, 2.45) is 0 Å². The molecule has 1 aromatic heterocycles. The molecule has 3 heterocycles. The number of aromatic amines is 1. The van der Waals surface area contributed by atoms with Gasteiger partial charge in [0.15, 0.2) is 11.5 Å². The van der Waals surface area contributed by atoms with Crippen LogP contribution in [0.4, 0.5) is 0 Å². The molecule has 2 aliphatic rings. The summed E-state index contributed by atoms with van der Waals surface area (Å²) in [5.41, 5.74) is 1.05. The number of rotatable bonds is 2. The Bertz CT molecular complexity index is 686. The first-order valence-corrected chi connectivity index (χ1v) is 8.00. The molecule has 0 aliphatic carbocycles. The van der Waals surface area contributed by atoms with Crippen LogP contribution in [-0.4, -0.2) is 40.3 Å². The Hall–Kier alpha value is -2.50. The average Bonchev–Trinajstić information content (AvgIpc) is 3.15.